The van der Waals surface area contributed by atoms with Crippen molar-refractivity contribution in [3.63, 3.8) is 0 Å². The number of hydrogen-bond donors (Lipinski definition) is 0. The fourth-order valence-corrected chi connectivity index (χ4v) is 3.16. The van der Waals surface area contributed by atoms with Gasteiger partial charge in [-0.3, -0.25) is 14.5 Å². The minimum absolute atomic E-state index is 0.0351. The molecule has 0 bridgehead atoms. The largest absolute Gasteiger partial charge is 0.468 e. The van der Waals surface area contributed by atoms with Gasteiger partial charge in [0.05, 0.1) is 13.7 Å². The first-order valence-corrected chi connectivity index (χ1v) is 7.83. The van der Waals surface area contributed by atoms with E-state index in [1.54, 1.807) is 11.8 Å². The minimum Gasteiger partial charge on any atom is -0.468 e. The maximum Gasteiger partial charge on any atom is 0.409 e. The number of ketones is 1. The molecule has 7 heteroatoms. The summed E-state index contributed by atoms with van der Waals surface area (Å²) in [5, 5.41) is 0. The highest BCUT2D eigenvalue weighted by atomic mass is 16.6. The van der Waals surface area contributed by atoms with Crippen molar-refractivity contribution in [2.75, 3.05) is 39.9 Å². The van der Waals surface area contributed by atoms with E-state index in [2.05, 4.69) is 4.90 Å². The van der Waals surface area contributed by atoms with E-state index in [0.717, 1.165) is 12.8 Å². The smallest absolute Gasteiger partial charge is 0.409 e. The molecule has 2 aliphatic rings. The Hall–Kier alpha value is -1.63. The number of amides is 1. The fourth-order valence-electron chi connectivity index (χ4n) is 3.16. The molecule has 0 aromatic heterocycles. The normalized spacial score (nSPS) is 24.2. The number of hydrogen-bond acceptors (Lipinski definition) is 6. The summed E-state index contributed by atoms with van der Waals surface area (Å²) in [7, 11) is 1.31. The lowest BCUT2D eigenvalue weighted by atomic mass is 9.93. The maximum atomic E-state index is 11.8. The molecule has 7 nitrogen and oxygen atoms in total. The predicted molar refractivity (Wildman–Crippen MR) is 78.3 cm³/mol. The van der Waals surface area contributed by atoms with E-state index in [4.69, 9.17) is 9.47 Å². The average Bonchev–Trinajstić information content (AvgIpc) is 2.55. The Balaban J connectivity index is 1.87. The average molecular weight is 312 g/mol. The first-order chi connectivity index (χ1) is 10.6. The molecule has 1 unspecified atom stereocenters. The third kappa shape index (κ3) is 3.76. The van der Waals surface area contributed by atoms with Crippen molar-refractivity contribution < 1.29 is 23.9 Å². The Morgan fingerprint density at radius 3 is 2.50 bits per heavy atom. The van der Waals surface area contributed by atoms with Crippen LogP contribution in [0.25, 0.3) is 0 Å². The number of methoxy groups -OCH3 is 1. The zero-order chi connectivity index (χ0) is 16.1. The van der Waals surface area contributed by atoms with Gasteiger partial charge in [0.2, 0.25) is 0 Å². The van der Waals surface area contributed by atoms with E-state index in [0.29, 0.717) is 45.2 Å². The third-order valence-corrected chi connectivity index (χ3v) is 4.44. The summed E-state index contributed by atoms with van der Waals surface area (Å²) in [5.74, 6) is -1.15. The molecule has 2 saturated heterocycles. The summed E-state index contributed by atoms with van der Waals surface area (Å²) in [6.07, 6.45) is 1.79. The quantitative estimate of drug-likeness (QED) is 0.563. The van der Waals surface area contributed by atoms with E-state index in [9.17, 15) is 14.4 Å². The second-order valence-electron chi connectivity index (χ2n) is 5.70. The lowest BCUT2D eigenvalue weighted by Crippen LogP contribution is -2.52. The minimum atomic E-state index is -0.665. The van der Waals surface area contributed by atoms with Crippen LogP contribution < -0.4 is 0 Å². The highest BCUT2D eigenvalue weighted by Crippen LogP contribution is 2.23. The van der Waals surface area contributed by atoms with Gasteiger partial charge in [-0.25, -0.2) is 4.79 Å². The SMILES string of the molecule is CCOC(=O)N1CCC(N2CCC(=O)C(C(=O)OC)C2)CC1. The summed E-state index contributed by atoms with van der Waals surface area (Å²) in [5.41, 5.74) is 0. The van der Waals surface area contributed by atoms with Crippen molar-refractivity contribution in [1.82, 2.24) is 9.80 Å². The van der Waals surface area contributed by atoms with Crippen molar-refractivity contribution in [3.8, 4) is 0 Å². The molecule has 0 saturated carbocycles. The summed E-state index contributed by atoms with van der Waals surface area (Å²) < 4.78 is 9.72. The summed E-state index contributed by atoms with van der Waals surface area (Å²) >= 11 is 0. The van der Waals surface area contributed by atoms with Gasteiger partial charge in [0.1, 0.15) is 11.7 Å². The molecule has 0 radical (unpaired) electrons. The molecule has 1 atom stereocenters. The molecule has 0 N–H and O–H groups in total. The molecule has 2 heterocycles. The second kappa shape index (κ2) is 7.58. The van der Waals surface area contributed by atoms with Gasteiger partial charge in [0.25, 0.3) is 0 Å². The van der Waals surface area contributed by atoms with Crippen LogP contribution in [0.2, 0.25) is 0 Å². The molecule has 124 valence electrons. The zero-order valence-corrected chi connectivity index (χ0v) is 13.2. The van der Waals surface area contributed by atoms with Gasteiger partial charge >= 0.3 is 12.1 Å². The number of rotatable bonds is 3. The number of esters is 1. The number of ether oxygens (including phenoxy) is 2. The van der Waals surface area contributed by atoms with E-state index >= 15 is 0 Å². The van der Waals surface area contributed by atoms with Crippen LogP contribution in [0.3, 0.4) is 0 Å². The molecule has 0 aliphatic carbocycles. The topological polar surface area (TPSA) is 76.2 Å². The number of nitrogens with zero attached hydrogens (tertiary/aromatic N) is 2. The van der Waals surface area contributed by atoms with E-state index < -0.39 is 11.9 Å². The lowest BCUT2D eigenvalue weighted by molar-refractivity contribution is -0.152. The Kier molecular flexibility index (Phi) is 5.76. The summed E-state index contributed by atoms with van der Waals surface area (Å²) in [6.45, 7) is 4.58. The van der Waals surface area contributed by atoms with Crippen LogP contribution in [0, 0.1) is 5.92 Å². The molecular weight excluding hydrogens is 288 g/mol. The van der Waals surface area contributed by atoms with Gasteiger partial charge < -0.3 is 14.4 Å². The van der Waals surface area contributed by atoms with Gasteiger partial charge in [-0.1, -0.05) is 0 Å². The van der Waals surface area contributed by atoms with Gasteiger partial charge in [0, 0.05) is 38.6 Å². The first-order valence-electron chi connectivity index (χ1n) is 7.83. The van der Waals surface area contributed by atoms with Crippen LogP contribution in [-0.2, 0) is 19.1 Å². The Morgan fingerprint density at radius 1 is 1.23 bits per heavy atom. The van der Waals surface area contributed by atoms with Crippen molar-refractivity contribution in [1.29, 1.82) is 0 Å². The van der Waals surface area contributed by atoms with Crippen LogP contribution in [0.1, 0.15) is 26.2 Å². The molecule has 2 aliphatic heterocycles. The van der Waals surface area contributed by atoms with Crippen molar-refractivity contribution in [2.24, 2.45) is 5.92 Å². The van der Waals surface area contributed by atoms with Crippen LogP contribution in [0.4, 0.5) is 4.79 Å². The summed E-state index contributed by atoms with van der Waals surface area (Å²) in [4.78, 5) is 39.1. The number of carbonyl (C=O) groups excluding carboxylic acids is 3. The molecule has 0 aromatic carbocycles. The second-order valence-corrected chi connectivity index (χ2v) is 5.70. The van der Waals surface area contributed by atoms with Crippen LogP contribution in [0.15, 0.2) is 0 Å². The van der Waals surface area contributed by atoms with Gasteiger partial charge in [0.15, 0.2) is 0 Å². The maximum absolute atomic E-state index is 11.8. The summed E-state index contributed by atoms with van der Waals surface area (Å²) in [6, 6.07) is 0.297. The highest BCUT2D eigenvalue weighted by molar-refractivity contribution is 5.99. The first kappa shape index (κ1) is 16.7. The van der Waals surface area contributed by atoms with E-state index in [-0.39, 0.29) is 11.9 Å². The Morgan fingerprint density at radius 2 is 1.91 bits per heavy atom. The fraction of sp³-hybridized carbons (Fsp3) is 0.800. The van der Waals surface area contributed by atoms with Gasteiger partial charge in [-0.05, 0) is 19.8 Å². The molecule has 2 fully saturated rings. The number of Topliss-reactive ketones (excluding diaryl/α,β-unsaturated/α-hetero) is 1. The number of piperidine rings is 2. The van der Waals surface area contributed by atoms with Gasteiger partial charge in [-0.15, -0.1) is 0 Å². The molecule has 0 spiro atoms. The molecule has 2 rings (SSSR count). The molecule has 1 amide bonds. The zero-order valence-electron chi connectivity index (χ0n) is 13.2. The van der Waals surface area contributed by atoms with Crippen LogP contribution in [0.5, 0.6) is 0 Å². The highest BCUT2D eigenvalue weighted by Gasteiger charge is 2.37. The van der Waals surface area contributed by atoms with Crippen LogP contribution >= 0.6 is 0 Å². The van der Waals surface area contributed by atoms with Crippen molar-refractivity contribution >= 4 is 17.8 Å². The standard InChI is InChI=1S/C15H24N2O5/c1-3-22-15(20)16-7-4-11(5-8-16)17-9-6-13(18)12(10-17)14(19)21-2/h11-12H,3-10H2,1-2H3. The van der Waals surface area contributed by atoms with E-state index in [1.807, 2.05) is 0 Å². The molecule has 0 aromatic rings. The van der Waals surface area contributed by atoms with Gasteiger partial charge in [-0.2, -0.15) is 0 Å². The predicted octanol–water partition coefficient (Wildman–Crippen LogP) is 0.671. The number of carbonyl (C=O) groups is 3. The van der Waals surface area contributed by atoms with Crippen molar-refractivity contribution in [2.45, 2.75) is 32.2 Å². The molecule has 22 heavy (non-hydrogen) atoms. The number of likely N-dealkylation sites (tertiary alicyclic amines) is 2. The monoisotopic (exact) mass is 312 g/mol. The van der Waals surface area contributed by atoms with Crippen molar-refractivity contribution in [3.05, 3.63) is 0 Å². The van der Waals surface area contributed by atoms with Crippen LogP contribution in [-0.4, -0.2) is 73.6 Å². The third-order valence-electron chi connectivity index (χ3n) is 4.44. The molecular formula is C15H24N2O5. The Bertz CT molecular complexity index is 424. The van der Waals surface area contributed by atoms with E-state index in [1.165, 1.54) is 7.11 Å². The Labute approximate surface area is 130 Å². The lowest BCUT2D eigenvalue weighted by Gasteiger charge is -2.40.